The summed E-state index contributed by atoms with van der Waals surface area (Å²) < 4.78 is 14.9. The fourth-order valence-electron chi connectivity index (χ4n) is 1.38. The van der Waals surface area contributed by atoms with Crippen molar-refractivity contribution < 1.29 is 9.50 Å². The van der Waals surface area contributed by atoms with Crippen LogP contribution in [0.2, 0.25) is 0 Å². The van der Waals surface area contributed by atoms with Crippen LogP contribution in [0.5, 0.6) is 0 Å². The fraction of sp³-hybridized carbons (Fsp3) is 0.182. The number of para-hydroxylation sites is 1. The summed E-state index contributed by atoms with van der Waals surface area (Å²) in [5.41, 5.74) is 0.848. The van der Waals surface area contributed by atoms with Gasteiger partial charge in [-0.05, 0) is 19.1 Å². The first-order valence-corrected chi connectivity index (χ1v) is 4.67. The van der Waals surface area contributed by atoms with E-state index < -0.39 is 12.1 Å². The summed E-state index contributed by atoms with van der Waals surface area (Å²) in [5, 5.41) is 13.2. The lowest BCUT2D eigenvalue weighted by Gasteiger charge is -2.03. The highest BCUT2D eigenvalue weighted by atomic mass is 19.1. The minimum atomic E-state index is -0.845. The zero-order valence-electron chi connectivity index (χ0n) is 8.26. The molecule has 4 heteroatoms. The lowest BCUT2D eigenvalue weighted by atomic mass is 10.2. The van der Waals surface area contributed by atoms with Gasteiger partial charge in [0.15, 0.2) is 0 Å². The predicted octanol–water partition coefficient (Wildman–Crippen LogP) is 2.06. The van der Waals surface area contributed by atoms with E-state index in [1.807, 2.05) is 6.07 Å². The van der Waals surface area contributed by atoms with E-state index in [0.717, 1.165) is 0 Å². The van der Waals surface area contributed by atoms with Crippen LogP contribution < -0.4 is 0 Å². The first kappa shape index (κ1) is 9.86. The number of aromatic nitrogens is 2. The van der Waals surface area contributed by atoms with Gasteiger partial charge in [0, 0.05) is 0 Å². The number of benzene rings is 1. The third-order valence-corrected chi connectivity index (χ3v) is 2.19. The monoisotopic (exact) mass is 206 g/mol. The van der Waals surface area contributed by atoms with Gasteiger partial charge in [0.05, 0.1) is 23.6 Å². The highest BCUT2D eigenvalue weighted by Gasteiger charge is 2.14. The molecule has 0 fully saturated rings. The smallest absolute Gasteiger partial charge is 0.222 e. The average molecular weight is 206 g/mol. The van der Waals surface area contributed by atoms with Gasteiger partial charge in [0.25, 0.3) is 0 Å². The van der Waals surface area contributed by atoms with Crippen LogP contribution in [-0.4, -0.2) is 14.9 Å². The molecular formula is C11H11FN2O. The average Bonchev–Trinajstić information content (AvgIpc) is 2.61. The molecule has 1 atom stereocenters. The molecule has 3 nitrogen and oxygen atoms in total. The molecule has 78 valence electrons. The topological polar surface area (TPSA) is 38.1 Å². The third-order valence-electron chi connectivity index (χ3n) is 2.19. The highest BCUT2D eigenvalue weighted by Crippen LogP contribution is 2.18. The Bertz CT molecular complexity index is 451. The van der Waals surface area contributed by atoms with Crippen molar-refractivity contribution in [2.75, 3.05) is 0 Å². The van der Waals surface area contributed by atoms with Crippen molar-refractivity contribution in [1.29, 1.82) is 0 Å². The number of hydrogen-bond donors (Lipinski definition) is 1. The molecule has 0 unspecified atom stereocenters. The van der Waals surface area contributed by atoms with Gasteiger partial charge < -0.3 is 5.11 Å². The van der Waals surface area contributed by atoms with Gasteiger partial charge in [-0.2, -0.15) is 9.49 Å². The Hall–Kier alpha value is -1.68. The summed E-state index contributed by atoms with van der Waals surface area (Å²) in [6.45, 7) is 1.51. The molecule has 1 heterocycles. The van der Waals surface area contributed by atoms with E-state index in [1.54, 1.807) is 24.3 Å². The van der Waals surface area contributed by atoms with Crippen molar-refractivity contribution in [2.24, 2.45) is 0 Å². The number of aliphatic hydroxyl groups is 1. The van der Waals surface area contributed by atoms with Crippen molar-refractivity contribution in [3.05, 3.63) is 48.0 Å². The molecule has 15 heavy (non-hydrogen) atoms. The Morgan fingerprint density at radius 2 is 2.00 bits per heavy atom. The highest BCUT2D eigenvalue weighted by molar-refractivity contribution is 5.31. The van der Waals surface area contributed by atoms with Gasteiger partial charge in [-0.1, -0.05) is 18.2 Å². The van der Waals surface area contributed by atoms with Gasteiger partial charge in [-0.25, -0.2) is 4.68 Å². The normalized spacial score (nSPS) is 12.7. The van der Waals surface area contributed by atoms with Gasteiger partial charge in [0.1, 0.15) is 0 Å². The van der Waals surface area contributed by atoms with Crippen molar-refractivity contribution in [1.82, 2.24) is 9.78 Å². The molecule has 2 aromatic rings. The molecule has 1 aromatic heterocycles. The summed E-state index contributed by atoms with van der Waals surface area (Å²) in [5.74, 6) is -0.517. The number of rotatable bonds is 2. The van der Waals surface area contributed by atoms with E-state index in [4.69, 9.17) is 0 Å². The maximum atomic E-state index is 13.7. The zero-order chi connectivity index (χ0) is 10.8. The molecule has 0 saturated carbocycles. The fourth-order valence-corrected chi connectivity index (χ4v) is 1.38. The second-order valence-electron chi connectivity index (χ2n) is 3.31. The summed E-state index contributed by atoms with van der Waals surface area (Å²) >= 11 is 0. The summed E-state index contributed by atoms with van der Waals surface area (Å²) in [4.78, 5) is 0. The Morgan fingerprint density at radius 1 is 1.33 bits per heavy atom. The van der Waals surface area contributed by atoms with Gasteiger partial charge in [-0.15, -0.1) is 0 Å². The van der Waals surface area contributed by atoms with Crippen LogP contribution in [0.25, 0.3) is 5.69 Å². The molecule has 0 amide bonds. The molecule has 0 aliphatic heterocycles. The molecule has 0 spiro atoms. The molecule has 0 bridgehead atoms. The Morgan fingerprint density at radius 3 is 2.53 bits per heavy atom. The van der Waals surface area contributed by atoms with E-state index in [9.17, 15) is 9.50 Å². The summed E-state index contributed by atoms with van der Waals surface area (Å²) in [7, 11) is 0. The van der Waals surface area contributed by atoms with Crippen molar-refractivity contribution in [2.45, 2.75) is 13.0 Å². The lowest BCUT2D eigenvalue weighted by Crippen LogP contribution is -2.01. The standard InChI is InChI=1S/C11H11FN2O/c1-8(15)10-7-13-14(11(10)12)9-5-3-2-4-6-9/h2-8,15H,1H3/t8-/m0/s1. The third kappa shape index (κ3) is 1.76. The van der Waals surface area contributed by atoms with Crippen LogP contribution in [-0.2, 0) is 0 Å². The number of hydrogen-bond acceptors (Lipinski definition) is 2. The van der Waals surface area contributed by atoms with Crippen LogP contribution in [0.3, 0.4) is 0 Å². The van der Waals surface area contributed by atoms with Crippen LogP contribution in [0.15, 0.2) is 36.5 Å². The zero-order valence-corrected chi connectivity index (χ0v) is 8.26. The first-order chi connectivity index (χ1) is 7.20. The number of aliphatic hydroxyl groups excluding tert-OH is 1. The summed E-state index contributed by atoms with van der Waals surface area (Å²) in [6, 6.07) is 8.96. The largest absolute Gasteiger partial charge is 0.388 e. The van der Waals surface area contributed by atoms with Crippen LogP contribution >= 0.6 is 0 Å². The van der Waals surface area contributed by atoms with Crippen LogP contribution in [0, 0.1) is 5.95 Å². The molecule has 1 N–H and O–H groups in total. The second kappa shape index (κ2) is 3.82. The molecule has 0 radical (unpaired) electrons. The SMILES string of the molecule is C[C@H](O)c1cnn(-c2ccccc2)c1F. The summed E-state index contributed by atoms with van der Waals surface area (Å²) in [6.07, 6.45) is 0.495. The Kier molecular flexibility index (Phi) is 2.51. The van der Waals surface area contributed by atoms with Gasteiger partial charge in [-0.3, -0.25) is 0 Å². The van der Waals surface area contributed by atoms with Gasteiger partial charge in [0.2, 0.25) is 5.95 Å². The molecule has 2 rings (SSSR count). The molecule has 1 aromatic carbocycles. The second-order valence-corrected chi connectivity index (χ2v) is 3.31. The van der Waals surface area contributed by atoms with E-state index >= 15 is 0 Å². The maximum absolute atomic E-state index is 13.7. The first-order valence-electron chi connectivity index (χ1n) is 4.67. The Balaban J connectivity index is 2.47. The van der Waals surface area contributed by atoms with Crippen molar-refractivity contribution >= 4 is 0 Å². The molecule has 0 aliphatic carbocycles. The van der Waals surface area contributed by atoms with Crippen LogP contribution in [0.1, 0.15) is 18.6 Å². The minimum absolute atomic E-state index is 0.207. The molecule has 0 saturated heterocycles. The van der Waals surface area contributed by atoms with Gasteiger partial charge >= 0.3 is 0 Å². The van der Waals surface area contributed by atoms with E-state index in [1.165, 1.54) is 17.8 Å². The number of halogens is 1. The Labute approximate surface area is 86.8 Å². The molecule has 0 aliphatic rings. The van der Waals surface area contributed by atoms with E-state index in [-0.39, 0.29) is 5.56 Å². The minimum Gasteiger partial charge on any atom is -0.388 e. The quantitative estimate of drug-likeness (QED) is 0.816. The van der Waals surface area contributed by atoms with Crippen LogP contribution in [0.4, 0.5) is 4.39 Å². The maximum Gasteiger partial charge on any atom is 0.222 e. The lowest BCUT2D eigenvalue weighted by molar-refractivity contribution is 0.193. The van der Waals surface area contributed by atoms with E-state index in [0.29, 0.717) is 5.69 Å². The van der Waals surface area contributed by atoms with Crippen molar-refractivity contribution in [3.8, 4) is 5.69 Å². The van der Waals surface area contributed by atoms with Crippen molar-refractivity contribution in [3.63, 3.8) is 0 Å². The van der Waals surface area contributed by atoms with E-state index in [2.05, 4.69) is 5.10 Å². The molecular weight excluding hydrogens is 195 g/mol. The predicted molar refractivity (Wildman–Crippen MR) is 54.2 cm³/mol. The number of nitrogens with zero attached hydrogens (tertiary/aromatic N) is 2.